The molecule has 0 aliphatic rings. The summed E-state index contributed by atoms with van der Waals surface area (Å²) in [6, 6.07) is 18.2. The van der Waals surface area contributed by atoms with E-state index in [0.717, 1.165) is 22.3 Å². The van der Waals surface area contributed by atoms with Crippen LogP contribution >= 0.6 is 35.0 Å². The number of aryl methyl sites for hydroxylation is 1. The summed E-state index contributed by atoms with van der Waals surface area (Å²) in [4.78, 5) is 23.4. The molecule has 0 atom stereocenters. The Balaban J connectivity index is 1.40. The third kappa shape index (κ3) is 6.22. The SMILES string of the molecule is Cc1ccc(-n2nncc2SCC(=O)Nc2ccc(-c3ccc(CC(=O)O)cc3)cc2Cl)c(Cl)c1. The number of carbonyl (C=O) groups excluding carboxylic acids is 1. The minimum Gasteiger partial charge on any atom is -0.481 e. The van der Waals surface area contributed by atoms with Gasteiger partial charge in [0.25, 0.3) is 0 Å². The number of carboxylic acid groups (broad SMARTS) is 1. The van der Waals surface area contributed by atoms with Crippen molar-refractivity contribution in [3.05, 3.63) is 88.0 Å². The highest BCUT2D eigenvalue weighted by Gasteiger charge is 2.14. The van der Waals surface area contributed by atoms with Crippen LogP contribution in [0.4, 0.5) is 5.69 Å². The third-order valence-electron chi connectivity index (χ3n) is 5.09. The van der Waals surface area contributed by atoms with Crippen molar-refractivity contribution in [2.45, 2.75) is 18.4 Å². The fourth-order valence-electron chi connectivity index (χ4n) is 3.39. The molecule has 0 fully saturated rings. The Morgan fingerprint density at radius 3 is 2.43 bits per heavy atom. The first kappa shape index (κ1) is 24.8. The first-order valence-electron chi connectivity index (χ1n) is 10.5. The van der Waals surface area contributed by atoms with Crippen molar-refractivity contribution in [3.8, 4) is 16.8 Å². The lowest BCUT2D eigenvalue weighted by molar-refractivity contribution is -0.136. The largest absolute Gasteiger partial charge is 0.481 e. The summed E-state index contributed by atoms with van der Waals surface area (Å²) < 4.78 is 1.60. The van der Waals surface area contributed by atoms with Gasteiger partial charge >= 0.3 is 5.97 Å². The average molecular weight is 527 g/mol. The molecule has 0 aliphatic heterocycles. The van der Waals surface area contributed by atoms with Gasteiger partial charge in [-0.1, -0.05) is 76.6 Å². The van der Waals surface area contributed by atoms with E-state index in [-0.39, 0.29) is 18.1 Å². The Morgan fingerprint density at radius 2 is 1.74 bits per heavy atom. The number of carboxylic acids is 1. The highest BCUT2D eigenvalue weighted by atomic mass is 35.5. The fraction of sp³-hybridized carbons (Fsp3) is 0.120. The molecule has 0 bridgehead atoms. The second-order valence-corrected chi connectivity index (χ2v) is 9.55. The number of aromatic nitrogens is 3. The summed E-state index contributed by atoms with van der Waals surface area (Å²) >= 11 is 14.1. The molecule has 0 spiro atoms. The number of thioether (sulfide) groups is 1. The maximum atomic E-state index is 12.6. The Hall–Kier alpha value is -3.33. The Morgan fingerprint density at radius 1 is 1.00 bits per heavy atom. The molecule has 7 nitrogen and oxygen atoms in total. The highest BCUT2D eigenvalue weighted by Crippen LogP contribution is 2.30. The lowest BCUT2D eigenvalue weighted by Crippen LogP contribution is -2.14. The maximum Gasteiger partial charge on any atom is 0.307 e. The topological polar surface area (TPSA) is 97.1 Å². The third-order valence-corrected chi connectivity index (χ3v) is 6.68. The van der Waals surface area contributed by atoms with Crippen molar-refractivity contribution in [2.24, 2.45) is 0 Å². The highest BCUT2D eigenvalue weighted by molar-refractivity contribution is 7.99. The van der Waals surface area contributed by atoms with Crippen LogP contribution < -0.4 is 5.32 Å². The van der Waals surface area contributed by atoms with Gasteiger partial charge in [0.05, 0.1) is 39.8 Å². The van der Waals surface area contributed by atoms with Gasteiger partial charge in [-0.3, -0.25) is 9.59 Å². The van der Waals surface area contributed by atoms with E-state index in [0.29, 0.717) is 26.4 Å². The zero-order valence-corrected chi connectivity index (χ0v) is 20.9. The van der Waals surface area contributed by atoms with Crippen molar-refractivity contribution in [3.63, 3.8) is 0 Å². The molecule has 0 saturated heterocycles. The van der Waals surface area contributed by atoms with Gasteiger partial charge in [-0.2, -0.15) is 0 Å². The van der Waals surface area contributed by atoms with E-state index >= 15 is 0 Å². The molecule has 0 saturated carbocycles. The van der Waals surface area contributed by atoms with Crippen LogP contribution in [0, 0.1) is 6.92 Å². The van der Waals surface area contributed by atoms with Crippen molar-refractivity contribution < 1.29 is 14.7 Å². The summed E-state index contributed by atoms with van der Waals surface area (Å²) in [6.45, 7) is 1.95. The lowest BCUT2D eigenvalue weighted by Gasteiger charge is -2.11. The molecule has 178 valence electrons. The van der Waals surface area contributed by atoms with E-state index in [1.807, 2.05) is 43.3 Å². The molecule has 1 aromatic heterocycles. The monoisotopic (exact) mass is 526 g/mol. The quantitative estimate of drug-likeness (QED) is 0.277. The number of carbonyl (C=O) groups is 2. The number of aliphatic carboxylic acids is 1. The number of nitrogens with one attached hydrogen (secondary N) is 1. The van der Waals surface area contributed by atoms with Crippen molar-refractivity contribution in [1.82, 2.24) is 15.0 Å². The lowest BCUT2D eigenvalue weighted by atomic mass is 10.0. The smallest absolute Gasteiger partial charge is 0.307 e. The normalized spacial score (nSPS) is 10.8. The van der Waals surface area contributed by atoms with Crippen LogP contribution in [0.15, 0.2) is 71.9 Å². The molecule has 2 N–H and O–H groups in total. The minimum absolute atomic E-state index is 0.0288. The van der Waals surface area contributed by atoms with Gasteiger partial charge in [0.2, 0.25) is 5.91 Å². The molecule has 1 amide bonds. The zero-order valence-electron chi connectivity index (χ0n) is 18.5. The van der Waals surface area contributed by atoms with Crippen LogP contribution in [0.2, 0.25) is 10.0 Å². The van der Waals surface area contributed by atoms with Gasteiger partial charge in [-0.25, -0.2) is 4.68 Å². The Bertz CT molecular complexity index is 1390. The zero-order chi connectivity index (χ0) is 24.9. The number of hydrogen-bond donors (Lipinski definition) is 2. The molecule has 0 radical (unpaired) electrons. The number of halogens is 2. The van der Waals surface area contributed by atoms with Gasteiger partial charge in [0, 0.05) is 0 Å². The summed E-state index contributed by atoms with van der Waals surface area (Å²) in [6.07, 6.45) is 1.55. The van der Waals surface area contributed by atoms with E-state index in [2.05, 4.69) is 15.6 Å². The Kier molecular flexibility index (Phi) is 7.75. The molecule has 0 unspecified atom stereocenters. The summed E-state index contributed by atoms with van der Waals surface area (Å²) in [7, 11) is 0. The second-order valence-electron chi connectivity index (χ2n) is 7.74. The van der Waals surface area contributed by atoms with Gasteiger partial charge in [0.1, 0.15) is 5.03 Å². The number of anilines is 1. The predicted molar refractivity (Wildman–Crippen MR) is 139 cm³/mol. The van der Waals surface area contributed by atoms with Gasteiger partial charge in [0.15, 0.2) is 0 Å². The predicted octanol–water partition coefficient (Wildman–Crippen LogP) is 5.91. The molecule has 35 heavy (non-hydrogen) atoms. The van der Waals surface area contributed by atoms with E-state index in [4.69, 9.17) is 28.3 Å². The summed E-state index contributed by atoms with van der Waals surface area (Å²) in [5.74, 6) is -0.982. The van der Waals surface area contributed by atoms with Gasteiger partial charge in [-0.15, -0.1) is 5.10 Å². The van der Waals surface area contributed by atoms with Crippen molar-refractivity contribution in [1.29, 1.82) is 0 Å². The fourth-order valence-corrected chi connectivity index (χ4v) is 4.66. The van der Waals surface area contributed by atoms with Crippen LogP contribution in [0.1, 0.15) is 11.1 Å². The van der Waals surface area contributed by atoms with Crippen LogP contribution in [-0.2, 0) is 16.0 Å². The minimum atomic E-state index is -0.876. The average Bonchev–Trinajstić information content (AvgIpc) is 3.27. The standard InChI is InChI=1S/C25H20Cl2N4O3S/c1-15-2-9-22(20(27)10-15)31-24(13-28-30-31)35-14-23(32)29-21-8-7-18(12-19(21)26)17-5-3-16(4-6-17)11-25(33)34/h2-10,12-13H,11,14H2,1H3,(H,29,32)(H,33,34). The van der Waals surface area contributed by atoms with Crippen molar-refractivity contribution >= 4 is 52.5 Å². The summed E-state index contributed by atoms with van der Waals surface area (Å²) in [5.41, 5.74) is 4.68. The van der Waals surface area contributed by atoms with Crippen LogP contribution in [0.3, 0.4) is 0 Å². The molecular formula is C25H20Cl2N4O3S. The first-order valence-corrected chi connectivity index (χ1v) is 12.2. The van der Waals surface area contributed by atoms with Crippen molar-refractivity contribution in [2.75, 3.05) is 11.1 Å². The van der Waals surface area contributed by atoms with Crippen LogP contribution in [0.25, 0.3) is 16.8 Å². The first-order chi connectivity index (χ1) is 16.8. The number of rotatable bonds is 8. The molecule has 10 heteroatoms. The molecule has 4 rings (SSSR count). The Labute approximate surface area is 216 Å². The number of amides is 1. The number of benzene rings is 3. The maximum absolute atomic E-state index is 12.6. The molecule has 3 aromatic carbocycles. The van der Waals surface area contributed by atoms with Crippen LogP contribution in [-0.4, -0.2) is 37.7 Å². The van der Waals surface area contributed by atoms with E-state index < -0.39 is 5.97 Å². The van der Waals surface area contributed by atoms with E-state index in [9.17, 15) is 9.59 Å². The van der Waals surface area contributed by atoms with Gasteiger partial charge in [-0.05, 0) is 53.4 Å². The molecular weight excluding hydrogens is 507 g/mol. The van der Waals surface area contributed by atoms with E-state index in [1.165, 1.54) is 11.8 Å². The number of nitrogens with zero attached hydrogens (tertiary/aromatic N) is 3. The van der Waals surface area contributed by atoms with Crippen LogP contribution in [0.5, 0.6) is 0 Å². The molecule has 0 aliphatic carbocycles. The number of hydrogen-bond acceptors (Lipinski definition) is 5. The molecule has 4 aromatic rings. The van der Waals surface area contributed by atoms with Gasteiger partial charge < -0.3 is 10.4 Å². The summed E-state index contributed by atoms with van der Waals surface area (Å²) in [5, 5.41) is 21.4. The second kappa shape index (κ2) is 10.9. The molecule has 1 heterocycles. The van der Waals surface area contributed by atoms with E-state index in [1.54, 1.807) is 35.1 Å².